The number of fused-ring (bicyclic) bond motifs is 2. The number of nitrogen functional groups attached to an aromatic ring is 1. The molecule has 0 saturated heterocycles. The highest BCUT2D eigenvalue weighted by atomic mass is 16.6. The van der Waals surface area contributed by atoms with E-state index in [1.54, 1.807) is 90.1 Å². The average Bonchev–Trinajstić information content (AvgIpc) is 4.27. The number of furan rings is 2. The molecule has 0 bridgehead atoms. The van der Waals surface area contributed by atoms with Gasteiger partial charge in [-0.25, -0.2) is 9.59 Å². The van der Waals surface area contributed by atoms with E-state index in [-0.39, 0.29) is 128 Å². The summed E-state index contributed by atoms with van der Waals surface area (Å²) in [5.41, 5.74) is 6.37. The minimum absolute atomic E-state index is 0.0269. The van der Waals surface area contributed by atoms with E-state index in [2.05, 4.69) is 20.1 Å². The number of aromatic carboxylic acids is 1. The molecule has 0 aliphatic heterocycles. The SMILES string of the molecule is CC(C)(C)OC(=O)CCCCn1cc([N+](=O)[O-])cc1C(=O)O.COC(=O)CCCC(=O)c1cc2cc(CC(=O)c3cc([N+](=O)[O-])cn3CCCNC(=O)OC(C)(C)C)ccc2o1.COC(=O)CCNC(=O)c1cc2cc(N)ccc2o1. The van der Waals surface area contributed by atoms with Crippen LogP contribution in [0.25, 0.3) is 21.9 Å². The van der Waals surface area contributed by atoms with Crippen molar-refractivity contribution in [1.82, 2.24) is 19.8 Å². The van der Waals surface area contributed by atoms with Crippen molar-refractivity contribution in [3.05, 3.63) is 122 Å². The molecule has 6 rings (SSSR count). The van der Waals surface area contributed by atoms with Crippen LogP contribution in [0.4, 0.5) is 21.9 Å². The Hall–Kier alpha value is -9.36. The molecule has 0 radical (unpaired) electrons. The number of methoxy groups -OCH3 is 2. The molecule has 5 N–H and O–H groups in total. The van der Waals surface area contributed by atoms with Crippen LogP contribution in [0.5, 0.6) is 0 Å². The topological polar surface area (TPSA) is 366 Å². The van der Waals surface area contributed by atoms with Crippen LogP contribution in [0.1, 0.15) is 141 Å². The quantitative estimate of drug-likeness (QED) is 0.00835. The zero-order chi connectivity index (χ0) is 60.2. The molecule has 4 heterocycles. The highest BCUT2D eigenvalue weighted by Crippen LogP contribution is 2.26. The van der Waals surface area contributed by atoms with Crippen LogP contribution in [-0.2, 0) is 52.8 Å². The highest BCUT2D eigenvalue weighted by Gasteiger charge is 2.23. The van der Waals surface area contributed by atoms with E-state index in [1.165, 1.54) is 41.8 Å². The van der Waals surface area contributed by atoms with Crippen LogP contribution in [0.2, 0.25) is 0 Å². The second-order valence-electron chi connectivity index (χ2n) is 20.1. The van der Waals surface area contributed by atoms with Gasteiger partial charge in [-0.2, -0.15) is 0 Å². The number of aromatic nitrogens is 2. The van der Waals surface area contributed by atoms with Crippen LogP contribution in [0, 0.1) is 20.2 Å². The first-order valence-electron chi connectivity index (χ1n) is 25.5. The maximum Gasteiger partial charge on any atom is 0.407 e. The van der Waals surface area contributed by atoms with E-state index in [4.69, 9.17) is 29.1 Å². The Balaban J connectivity index is 0.000000289. The van der Waals surface area contributed by atoms with E-state index < -0.39 is 33.1 Å². The molecule has 81 heavy (non-hydrogen) atoms. The van der Waals surface area contributed by atoms with Gasteiger partial charge >= 0.3 is 30.0 Å². The van der Waals surface area contributed by atoms with Crippen LogP contribution >= 0.6 is 0 Å². The number of carbonyl (C=O) groups excluding carboxylic acids is 7. The molecule has 0 fully saturated rings. The minimum Gasteiger partial charge on any atom is -0.477 e. The van der Waals surface area contributed by atoms with Gasteiger partial charge in [-0.15, -0.1) is 0 Å². The van der Waals surface area contributed by atoms with E-state index in [9.17, 15) is 58.6 Å². The number of amides is 2. The van der Waals surface area contributed by atoms with E-state index in [0.29, 0.717) is 53.5 Å². The Bertz CT molecular complexity index is 3240. The lowest BCUT2D eigenvalue weighted by atomic mass is 10.0. The molecule has 0 spiro atoms. The number of ether oxygens (including phenoxy) is 4. The van der Waals surface area contributed by atoms with Crippen molar-refractivity contribution in [2.75, 3.05) is 33.0 Å². The number of carboxylic acids is 1. The molecule has 0 atom stereocenters. The number of Topliss-reactive ketones (excluding diaryl/α,β-unsaturated/α-hetero) is 2. The number of carboxylic acid groups (broad SMARTS) is 1. The summed E-state index contributed by atoms with van der Waals surface area (Å²) in [4.78, 5) is 115. The first kappa shape index (κ1) is 64.2. The number of hydrogen-bond donors (Lipinski definition) is 4. The zero-order valence-corrected chi connectivity index (χ0v) is 46.3. The van der Waals surface area contributed by atoms with Gasteiger partial charge in [0.05, 0.1) is 48.6 Å². The summed E-state index contributed by atoms with van der Waals surface area (Å²) in [7, 11) is 2.59. The Morgan fingerprint density at radius 3 is 1.75 bits per heavy atom. The van der Waals surface area contributed by atoms with Gasteiger partial charge in [0.15, 0.2) is 23.1 Å². The normalized spacial score (nSPS) is 11.1. The molecule has 6 aromatic rings. The lowest BCUT2D eigenvalue weighted by molar-refractivity contribution is -0.385. The number of nitro groups is 2. The summed E-state index contributed by atoms with van der Waals surface area (Å²) in [5.74, 6) is -2.90. The maximum atomic E-state index is 13.2. The molecule has 0 aliphatic carbocycles. The molecule has 0 unspecified atom stereocenters. The summed E-state index contributed by atoms with van der Waals surface area (Å²) in [6.07, 6.45) is 4.30. The van der Waals surface area contributed by atoms with Crippen molar-refractivity contribution in [3.8, 4) is 0 Å². The summed E-state index contributed by atoms with van der Waals surface area (Å²) in [6, 6.07) is 15.7. The number of alkyl carbamates (subject to hydrolysis) is 1. The third-order valence-electron chi connectivity index (χ3n) is 11.2. The monoisotopic (exact) mass is 1130 g/mol. The molecular weight excluding hydrogens is 1060 g/mol. The van der Waals surface area contributed by atoms with Gasteiger partial charge in [0.2, 0.25) is 0 Å². The van der Waals surface area contributed by atoms with Crippen molar-refractivity contribution in [2.45, 2.75) is 124 Å². The van der Waals surface area contributed by atoms with E-state index in [0.717, 1.165) is 11.5 Å². The fourth-order valence-corrected chi connectivity index (χ4v) is 7.55. The summed E-state index contributed by atoms with van der Waals surface area (Å²) >= 11 is 0. The summed E-state index contributed by atoms with van der Waals surface area (Å²) in [6.45, 7) is 11.6. The average molecular weight is 1130 g/mol. The zero-order valence-electron chi connectivity index (χ0n) is 46.3. The number of hydrogen-bond acceptors (Lipinski definition) is 19. The number of aryl methyl sites for hydroxylation is 2. The predicted octanol–water partition coefficient (Wildman–Crippen LogP) is 8.92. The lowest BCUT2D eigenvalue weighted by Crippen LogP contribution is -2.33. The molecule has 26 nitrogen and oxygen atoms in total. The van der Waals surface area contributed by atoms with Gasteiger partial charge in [0.1, 0.15) is 28.1 Å². The van der Waals surface area contributed by atoms with Crippen LogP contribution in [0.15, 0.2) is 81.9 Å². The fraction of sp³-hybridized carbons (Fsp3) is 0.418. The van der Waals surface area contributed by atoms with Crippen molar-refractivity contribution < 1.29 is 81.1 Å². The van der Waals surface area contributed by atoms with Crippen molar-refractivity contribution in [1.29, 1.82) is 0 Å². The molecule has 4 aromatic heterocycles. The van der Waals surface area contributed by atoms with E-state index in [1.807, 2.05) is 0 Å². The summed E-state index contributed by atoms with van der Waals surface area (Å²) < 4.78 is 33.2. The molecule has 0 aliphatic rings. The number of nitrogens with zero attached hydrogens (tertiary/aromatic N) is 4. The van der Waals surface area contributed by atoms with Gasteiger partial charge in [-0.3, -0.25) is 49.0 Å². The predicted molar refractivity (Wildman–Crippen MR) is 292 cm³/mol. The Morgan fingerprint density at radius 2 is 1.15 bits per heavy atom. The maximum absolute atomic E-state index is 13.2. The number of ketones is 2. The fourth-order valence-electron chi connectivity index (χ4n) is 7.55. The molecule has 436 valence electrons. The smallest absolute Gasteiger partial charge is 0.407 e. The number of esters is 3. The molecule has 0 saturated carbocycles. The number of rotatable bonds is 24. The Labute approximate surface area is 464 Å². The van der Waals surface area contributed by atoms with E-state index >= 15 is 0 Å². The van der Waals surface area contributed by atoms with Gasteiger partial charge in [-0.05, 0) is 115 Å². The first-order chi connectivity index (χ1) is 38.1. The number of benzene rings is 2. The van der Waals surface area contributed by atoms with Crippen molar-refractivity contribution in [3.63, 3.8) is 0 Å². The van der Waals surface area contributed by atoms with Crippen molar-refractivity contribution >= 4 is 86.4 Å². The third kappa shape index (κ3) is 21.4. The Morgan fingerprint density at radius 1 is 0.605 bits per heavy atom. The largest absolute Gasteiger partial charge is 0.477 e. The Kier molecular flexibility index (Phi) is 23.4. The van der Waals surface area contributed by atoms with Crippen LogP contribution in [0.3, 0.4) is 0 Å². The lowest BCUT2D eigenvalue weighted by Gasteiger charge is -2.19. The number of anilines is 1. The highest BCUT2D eigenvalue weighted by molar-refractivity contribution is 6.00. The number of nitrogens with one attached hydrogen (secondary N) is 2. The minimum atomic E-state index is -1.22. The van der Waals surface area contributed by atoms with Crippen LogP contribution < -0.4 is 16.4 Å². The van der Waals surface area contributed by atoms with Gasteiger partial charge in [0.25, 0.3) is 17.3 Å². The molecule has 26 heteroatoms. The first-order valence-corrected chi connectivity index (χ1v) is 25.5. The van der Waals surface area contributed by atoms with Crippen LogP contribution in [-0.4, -0.2) is 110 Å². The molecule has 2 amide bonds. The van der Waals surface area contributed by atoms with Gasteiger partial charge in [-0.1, -0.05) is 6.07 Å². The summed E-state index contributed by atoms with van der Waals surface area (Å²) in [5, 5.41) is 37.7. The van der Waals surface area contributed by atoms with Gasteiger partial charge < -0.3 is 58.4 Å². The third-order valence-corrected chi connectivity index (χ3v) is 11.2. The number of nitrogens with two attached hydrogens (primary N) is 1. The second kappa shape index (κ2) is 29.6. The van der Waals surface area contributed by atoms with Gasteiger partial charge in [0, 0.05) is 80.5 Å². The number of carbonyl (C=O) groups is 8. The molecular formula is C55H67N7O19. The molecule has 2 aromatic carbocycles. The second-order valence-corrected chi connectivity index (χ2v) is 20.1. The standard InChI is InChI=1S/C28H33N3O9.C14H20N2O6.C13H14N2O4/c1-28(2,3)40-27(35)29-11-6-12-30-17-20(31(36)37)16-21(30)23(33)14-18-9-10-24-19(13-18)15-25(39-24)22(32)7-5-8-26(34)38-4;1-14(2,3)22-12(17)6-4-5-7-15-9-10(16(20)21)8-11(15)13(18)19;1-18-12(16)4-5-15-13(17)11-7-8-6-9(14)2-3-10(8)19-11/h9-10,13,15-17H,5-8,11-12,14H2,1-4H3,(H,29,35);8-9H,4-7H2,1-3H3,(H,18,19);2-3,6-7H,4-5,14H2,1H3,(H,15,17). The number of unbranched alkanes of at least 4 members (excludes halogenated alkanes) is 1. The van der Waals surface area contributed by atoms with Crippen molar-refractivity contribution in [2.24, 2.45) is 0 Å².